The summed E-state index contributed by atoms with van der Waals surface area (Å²) in [5.74, 6) is 1.36. The first kappa shape index (κ1) is 17.6. The third kappa shape index (κ3) is 1.78. The monoisotopic (exact) mass is 386 g/mol. The smallest absolute Gasteiger partial charge is 0.303 e. The Balaban J connectivity index is 1.40. The average Bonchev–Trinajstić information content (AvgIpc) is 3.52. The fourth-order valence-corrected chi connectivity index (χ4v) is 8.66. The lowest BCUT2D eigenvalue weighted by Gasteiger charge is -2.56. The first-order valence-corrected chi connectivity index (χ1v) is 11.0. The van der Waals surface area contributed by atoms with Gasteiger partial charge in [-0.3, -0.25) is 9.59 Å². The Morgan fingerprint density at radius 1 is 1.32 bits per heavy atom. The summed E-state index contributed by atoms with van der Waals surface area (Å²) < 4.78 is 6.62. The summed E-state index contributed by atoms with van der Waals surface area (Å²) in [6, 6.07) is 0. The van der Waals surface area contributed by atoms with Crippen LogP contribution in [-0.2, 0) is 14.3 Å². The molecule has 9 atom stereocenters. The Morgan fingerprint density at radius 2 is 2.11 bits per heavy atom. The molecule has 1 spiro atoms. The predicted molar refractivity (Wildman–Crippen MR) is 100 cm³/mol. The molecule has 0 bridgehead atoms. The largest absolute Gasteiger partial charge is 0.481 e. The number of aliphatic carboxylic acids is 1. The van der Waals surface area contributed by atoms with E-state index in [1.54, 1.807) is 0 Å². The summed E-state index contributed by atoms with van der Waals surface area (Å²) >= 11 is 0. The van der Waals surface area contributed by atoms with Gasteiger partial charge in [0.05, 0.1) is 11.7 Å². The molecule has 4 saturated carbocycles. The molecule has 5 fully saturated rings. The van der Waals surface area contributed by atoms with E-state index in [0.717, 1.165) is 25.7 Å². The molecule has 0 radical (unpaired) electrons. The molecular weight excluding hydrogens is 356 g/mol. The second-order valence-electron chi connectivity index (χ2n) is 11.0. The van der Waals surface area contributed by atoms with Crippen LogP contribution in [0.4, 0.5) is 0 Å². The van der Waals surface area contributed by atoms with Crippen molar-refractivity contribution in [2.75, 3.05) is 0 Å². The average molecular weight is 386 g/mol. The number of fused-ring (bicyclic) bond motifs is 6. The van der Waals surface area contributed by atoms with E-state index < -0.39 is 11.6 Å². The van der Waals surface area contributed by atoms with Gasteiger partial charge >= 0.3 is 5.97 Å². The van der Waals surface area contributed by atoms with Gasteiger partial charge < -0.3 is 14.9 Å². The number of carboxylic acid groups (broad SMARTS) is 1. The molecule has 5 nitrogen and oxygen atoms in total. The number of carboxylic acids is 1. The van der Waals surface area contributed by atoms with E-state index in [9.17, 15) is 19.8 Å². The van der Waals surface area contributed by atoms with Crippen molar-refractivity contribution in [1.82, 2.24) is 0 Å². The predicted octanol–water partition coefficient (Wildman–Crippen LogP) is 3.10. The van der Waals surface area contributed by atoms with Crippen molar-refractivity contribution in [2.45, 2.75) is 82.5 Å². The van der Waals surface area contributed by atoms with Crippen molar-refractivity contribution in [3.05, 3.63) is 11.6 Å². The first-order valence-electron chi connectivity index (χ1n) is 11.0. The van der Waals surface area contributed by atoms with E-state index in [1.807, 2.05) is 6.08 Å². The van der Waals surface area contributed by atoms with Crippen LogP contribution in [0, 0.1) is 34.5 Å². The van der Waals surface area contributed by atoms with Gasteiger partial charge in [0.1, 0.15) is 5.60 Å². The minimum Gasteiger partial charge on any atom is -0.481 e. The van der Waals surface area contributed by atoms with Crippen LogP contribution in [0.1, 0.15) is 65.2 Å². The molecule has 1 heterocycles. The topological polar surface area (TPSA) is 87.1 Å². The molecule has 0 aromatic carbocycles. The summed E-state index contributed by atoms with van der Waals surface area (Å²) in [5, 5.41) is 20.8. The van der Waals surface area contributed by atoms with Crippen LogP contribution in [0.25, 0.3) is 0 Å². The molecule has 2 N–H and O–H groups in total. The third-order valence-corrected chi connectivity index (χ3v) is 10.2. The maximum absolute atomic E-state index is 12.1. The van der Waals surface area contributed by atoms with Crippen molar-refractivity contribution in [3.63, 3.8) is 0 Å². The molecule has 0 aromatic rings. The number of epoxide rings is 1. The quantitative estimate of drug-likeness (QED) is 0.728. The maximum Gasteiger partial charge on any atom is 0.303 e. The highest BCUT2D eigenvalue weighted by atomic mass is 16.6. The Hall–Kier alpha value is -1.20. The SMILES string of the molecule is C[C@]12CCC(=O)C=C1[C@@H]1C[C@@H]1[C@H]1[C@@H]3CC[C@@](O)(CCC(=O)O)[C@@]3(C)CC3OC312. The van der Waals surface area contributed by atoms with E-state index in [-0.39, 0.29) is 34.7 Å². The van der Waals surface area contributed by atoms with Crippen molar-refractivity contribution >= 4 is 11.8 Å². The lowest BCUT2D eigenvalue weighted by atomic mass is 9.46. The molecule has 0 amide bonds. The fraction of sp³-hybridized carbons (Fsp3) is 0.826. The van der Waals surface area contributed by atoms with E-state index in [4.69, 9.17) is 4.74 Å². The molecule has 28 heavy (non-hydrogen) atoms. The molecule has 5 heteroatoms. The van der Waals surface area contributed by atoms with Crippen LogP contribution in [0.2, 0.25) is 0 Å². The van der Waals surface area contributed by atoms with Crippen molar-refractivity contribution in [3.8, 4) is 0 Å². The molecule has 6 rings (SSSR count). The summed E-state index contributed by atoms with van der Waals surface area (Å²) in [7, 11) is 0. The van der Waals surface area contributed by atoms with Crippen LogP contribution in [0.3, 0.4) is 0 Å². The van der Waals surface area contributed by atoms with Gasteiger partial charge in [-0.1, -0.05) is 19.4 Å². The Morgan fingerprint density at radius 3 is 2.86 bits per heavy atom. The van der Waals surface area contributed by atoms with Crippen molar-refractivity contribution in [2.24, 2.45) is 34.5 Å². The molecule has 6 aliphatic rings. The molecule has 2 unspecified atom stereocenters. The zero-order valence-corrected chi connectivity index (χ0v) is 16.7. The summed E-state index contributed by atoms with van der Waals surface area (Å²) in [6.07, 6.45) is 7.59. The van der Waals surface area contributed by atoms with Gasteiger partial charge in [-0.25, -0.2) is 0 Å². The van der Waals surface area contributed by atoms with Gasteiger partial charge in [-0.2, -0.15) is 0 Å². The third-order valence-electron chi connectivity index (χ3n) is 10.2. The standard InChI is InChI=1S/C23H30O5/c1-20-6-3-12(24)9-16(20)13-10-14(13)19-15-4-7-22(27,8-5-18(25)26)21(15,2)11-17-23(19,20)28-17/h9,13-15,17,19,27H,3-8,10-11H2,1-2H3,(H,25,26)/t13-,14+,15+,17?,19+,20+,21+,22-,23?/m1/s1. The van der Waals surface area contributed by atoms with E-state index in [2.05, 4.69) is 13.8 Å². The number of aliphatic hydroxyl groups is 1. The zero-order chi connectivity index (χ0) is 19.7. The number of carbonyl (C=O) groups excluding carboxylic acids is 1. The number of ether oxygens (including phenoxy) is 1. The van der Waals surface area contributed by atoms with Crippen LogP contribution in [-0.4, -0.2) is 39.3 Å². The highest BCUT2D eigenvalue weighted by molar-refractivity contribution is 5.92. The minimum atomic E-state index is -0.905. The van der Waals surface area contributed by atoms with Crippen LogP contribution < -0.4 is 0 Å². The summed E-state index contributed by atoms with van der Waals surface area (Å²) in [6.45, 7) is 4.54. The molecule has 152 valence electrons. The van der Waals surface area contributed by atoms with Crippen molar-refractivity contribution < 1.29 is 24.5 Å². The second-order valence-corrected chi connectivity index (χ2v) is 11.0. The van der Waals surface area contributed by atoms with Crippen molar-refractivity contribution in [1.29, 1.82) is 0 Å². The molecule has 1 saturated heterocycles. The molecule has 1 aliphatic heterocycles. The second kappa shape index (κ2) is 4.92. The number of hydrogen-bond acceptors (Lipinski definition) is 4. The number of carbonyl (C=O) groups is 2. The van der Waals surface area contributed by atoms with Crippen LogP contribution in [0.5, 0.6) is 0 Å². The van der Waals surface area contributed by atoms with Crippen LogP contribution >= 0.6 is 0 Å². The first-order chi connectivity index (χ1) is 13.2. The summed E-state index contributed by atoms with van der Waals surface area (Å²) in [4.78, 5) is 23.3. The Kier molecular flexibility index (Phi) is 3.10. The lowest BCUT2D eigenvalue weighted by molar-refractivity contribution is -0.144. The summed E-state index contributed by atoms with van der Waals surface area (Å²) in [5.41, 5.74) is -0.0168. The lowest BCUT2D eigenvalue weighted by Crippen LogP contribution is -2.60. The van der Waals surface area contributed by atoms with Gasteiger partial charge in [-0.15, -0.1) is 0 Å². The van der Waals surface area contributed by atoms with Crippen LogP contribution in [0.15, 0.2) is 11.6 Å². The normalized spacial score (nSPS) is 57.9. The Bertz CT molecular complexity index is 833. The Labute approximate surface area is 165 Å². The number of rotatable bonds is 3. The molecular formula is C23H30O5. The minimum absolute atomic E-state index is 0.0267. The van der Waals surface area contributed by atoms with Gasteiger partial charge in [0.25, 0.3) is 0 Å². The highest BCUT2D eigenvalue weighted by Gasteiger charge is 2.84. The van der Waals surface area contributed by atoms with Gasteiger partial charge in [-0.05, 0) is 68.3 Å². The number of hydrogen-bond donors (Lipinski definition) is 2. The van der Waals surface area contributed by atoms with E-state index >= 15 is 0 Å². The fourth-order valence-electron chi connectivity index (χ4n) is 8.66. The maximum atomic E-state index is 12.1. The van der Waals surface area contributed by atoms with Gasteiger partial charge in [0, 0.05) is 23.7 Å². The zero-order valence-electron chi connectivity index (χ0n) is 16.7. The number of ketones is 1. The molecule has 0 aromatic heterocycles. The molecule has 5 aliphatic carbocycles. The van der Waals surface area contributed by atoms with E-state index in [0.29, 0.717) is 42.9 Å². The van der Waals surface area contributed by atoms with Gasteiger partial charge in [0.15, 0.2) is 5.78 Å². The highest BCUT2D eigenvalue weighted by Crippen LogP contribution is 2.82. The van der Waals surface area contributed by atoms with Gasteiger partial charge in [0.2, 0.25) is 0 Å². The van der Waals surface area contributed by atoms with E-state index in [1.165, 1.54) is 5.57 Å².